The van der Waals surface area contributed by atoms with E-state index in [1.54, 1.807) is 11.8 Å². The van der Waals surface area contributed by atoms with Gasteiger partial charge >= 0.3 is 0 Å². The van der Waals surface area contributed by atoms with Gasteiger partial charge in [0.2, 0.25) is 11.8 Å². The van der Waals surface area contributed by atoms with Crippen molar-refractivity contribution in [1.82, 2.24) is 10.2 Å². The maximum absolute atomic E-state index is 12.2. The molecule has 0 bridgehead atoms. The Labute approximate surface area is 143 Å². The zero-order valence-electron chi connectivity index (χ0n) is 13.8. The molecule has 1 aliphatic rings. The summed E-state index contributed by atoms with van der Waals surface area (Å²) in [6.45, 7) is 2.01. The molecule has 0 aromatic heterocycles. The normalized spacial score (nSPS) is 18.0. The molecule has 1 saturated heterocycles. The predicted molar refractivity (Wildman–Crippen MR) is 95.5 cm³/mol. The number of aryl methyl sites for hydroxylation is 1. The second-order valence-electron chi connectivity index (χ2n) is 5.95. The molecule has 0 aliphatic carbocycles. The molecule has 1 aromatic rings. The number of benzene rings is 1. The number of amides is 2. The highest BCUT2D eigenvalue weighted by molar-refractivity contribution is 7.98. The molecule has 2 amide bonds. The fraction of sp³-hybridized carbons (Fsp3) is 0.556. The Morgan fingerprint density at radius 1 is 1.35 bits per heavy atom. The van der Waals surface area contributed by atoms with Gasteiger partial charge in [0.15, 0.2) is 0 Å². The first-order valence-corrected chi connectivity index (χ1v) is 9.68. The molecule has 1 fully saturated rings. The van der Waals surface area contributed by atoms with Gasteiger partial charge in [-0.3, -0.25) is 9.59 Å². The molecule has 1 aromatic carbocycles. The van der Waals surface area contributed by atoms with Gasteiger partial charge in [-0.05, 0) is 31.1 Å². The van der Waals surface area contributed by atoms with E-state index in [9.17, 15) is 9.59 Å². The highest BCUT2D eigenvalue weighted by Crippen LogP contribution is 2.18. The van der Waals surface area contributed by atoms with Crippen LogP contribution in [0, 0.1) is 5.92 Å². The number of piperidine rings is 1. The Morgan fingerprint density at radius 2 is 2.13 bits per heavy atom. The maximum atomic E-state index is 12.2. The number of rotatable bonds is 8. The molecule has 1 atom stereocenters. The minimum absolute atomic E-state index is 0.0497. The molecule has 23 heavy (non-hydrogen) atoms. The van der Waals surface area contributed by atoms with E-state index in [-0.39, 0.29) is 17.7 Å². The zero-order chi connectivity index (χ0) is 16.5. The van der Waals surface area contributed by atoms with Crippen LogP contribution in [0.2, 0.25) is 0 Å². The summed E-state index contributed by atoms with van der Waals surface area (Å²) in [6, 6.07) is 10.3. The Balaban J connectivity index is 1.76. The number of thioether (sulfide) groups is 1. The summed E-state index contributed by atoms with van der Waals surface area (Å²) in [5, 5.41) is 2.97. The van der Waals surface area contributed by atoms with Crippen molar-refractivity contribution in [3.8, 4) is 0 Å². The maximum Gasteiger partial charge on any atom is 0.224 e. The molecule has 1 heterocycles. The summed E-state index contributed by atoms with van der Waals surface area (Å²) >= 11 is 1.72. The number of carbonyl (C=O) groups is 2. The molecule has 0 unspecified atom stereocenters. The minimum Gasteiger partial charge on any atom is -0.355 e. The molecule has 4 nitrogen and oxygen atoms in total. The van der Waals surface area contributed by atoms with E-state index in [1.165, 1.54) is 5.56 Å². The van der Waals surface area contributed by atoms with E-state index in [0.717, 1.165) is 25.1 Å². The van der Waals surface area contributed by atoms with E-state index in [4.69, 9.17) is 0 Å². The van der Waals surface area contributed by atoms with Crippen LogP contribution in [0.3, 0.4) is 0 Å². The lowest BCUT2D eigenvalue weighted by molar-refractivity contribution is -0.138. The van der Waals surface area contributed by atoms with Crippen LogP contribution in [0.4, 0.5) is 0 Å². The average molecular weight is 334 g/mol. The molecular weight excluding hydrogens is 308 g/mol. The molecule has 5 heteroatoms. The fourth-order valence-electron chi connectivity index (χ4n) is 2.88. The summed E-state index contributed by atoms with van der Waals surface area (Å²) in [5.74, 6) is 1.16. The van der Waals surface area contributed by atoms with Gasteiger partial charge in [0.1, 0.15) is 0 Å². The van der Waals surface area contributed by atoms with E-state index >= 15 is 0 Å². The molecular formula is C18H26N2O2S. The Kier molecular flexibility index (Phi) is 7.46. The zero-order valence-corrected chi connectivity index (χ0v) is 14.6. The van der Waals surface area contributed by atoms with E-state index in [1.807, 2.05) is 29.4 Å². The smallest absolute Gasteiger partial charge is 0.224 e. The van der Waals surface area contributed by atoms with Crippen LogP contribution in [-0.2, 0) is 16.0 Å². The first-order chi connectivity index (χ1) is 11.2. The summed E-state index contributed by atoms with van der Waals surface area (Å²) in [5.41, 5.74) is 1.29. The van der Waals surface area contributed by atoms with Gasteiger partial charge < -0.3 is 10.2 Å². The largest absolute Gasteiger partial charge is 0.355 e. The van der Waals surface area contributed by atoms with Crippen LogP contribution in [0.1, 0.15) is 24.8 Å². The lowest BCUT2D eigenvalue weighted by atomic mass is 9.96. The summed E-state index contributed by atoms with van der Waals surface area (Å²) < 4.78 is 0. The second-order valence-corrected chi connectivity index (χ2v) is 6.93. The highest BCUT2D eigenvalue weighted by Gasteiger charge is 2.29. The second kappa shape index (κ2) is 9.60. The SMILES string of the molecule is CSCCNC(=O)[C@H]1CCC(=O)N(CCCc2ccccc2)C1. The van der Waals surface area contributed by atoms with Crippen molar-refractivity contribution < 1.29 is 9.59 Å². The average Bonchev–Trinajstić information content (AvgIpc) is 2.57. The molecule has 2 rings (SSSR count). The molecule has 0 spiro atoms. The van der Waals surface area contributed by atoms with E-state index in [2.05, 4.69) is 17.4 Å². The molecule has 1 aliphatic heterocycles. The number of likely N-dealkylation sites (tertiary alicyclic amines) is 1. The van der Waals surface area contributed by atoms with Crippen LogP contribution in [-0.4, -0.2) is 48.4 Å². The summed E-state index contributed by atoms with van der Waals surface area (Å²) in [6.07, 6.45) is 5.11. The Bertz CT molecular complexity index is 507. The van der Waals surface area contributed by atoms with Gasteiger partial charge in [-0.2, -0.15) is 11.8 Å². The van der Waals surface area contributed by atoms with Crippen molar-refractivity contribution in [2.24, 2.45) is 5.92 Å². The minimum atomic E-state index is -0.0497. The summed E-state index contributed by atoms with van der Waals surface area (Å²) in [7, 11) is 0. The van der Waals surface area contributed by atoms with Crippen molar-refractivity contribution >= 4 is 23.6 Å². The van der Waals surface area contributed by atoms with Gasteiger partial charge in [-0.1, -0.05) is 30.3 Å². The van der Waals surface area contributed by atoms with E-state index in [0.29, 0.717) is 25.9 Å². The number of nitrogens with one attached hydrogen (secondary N) is 1. The van der Waals surface area contributed by atoms with Crippen molar-refractivity contribution in [2.75, 3.05) is 31.6 Å². The van der Waals surface area contributed by atoms with Crippen LogP contribution in [0.25, 0.3) is 0 Å². The van der Waals surface area contributed by atoms with Gasteiger partial charge in [-0.25, -0.2) is 0 Å². The first-order valence-electron chi connectivity index (χ1n) is 8.29. The number of hydrogen-bond acceptors (Lipinski definition) is 3. The third kappa shape index (κ3) is 5.90. The van der Waals surface area contributed by atoms with Crippen molar-refractivity contribution in [3.63, 3.8) is 0 Å². The monoisotopic (exact) mass is 334 g/mol. The summed E-state index contributed by atoms with van der Waals surface area (Å²) in [4.78, 5) is 26.1. The number of nitrogens with zero attached hydrogens (tertiary/aromatic N) is 1. The standard InChI is InChI=1S/C18H26N2O2S/c1-23-13-11-19-18(22)16-9-10-17(21)20(14-16)12-5-8-15-6-3-2-4-7-15/h2-4,6-7,16H,5,8-14H2,1H3,(H,19,22)/t16-/m0/s1. The topological polar surface area (TPSA) is 49.4 Å². The number of carbonyl (C=O) groups excluding carboxylic acids is 2. The van der Waals surface area contributed by atoms with Gasteiger partial charge in [0, 0.05) is 31.8 Å². The van der Waals surface area contributed by atoms with Crippen LogP contribution < -0.4 is 5.32 Å². The Hall–Kier alpha value is -1.49. The van der Waals surface area contributed by atoms with Crippen LogP contribution in [0.15, 0.2) is 30.3 Å². The van der Waals surface area contributed by atoms with Crippen molar-refractivity contribution in [1.29, 1.82) is 0 Å². The van der Waals surface area contributed by atoms with Gasteiger partial charge in [-0.15, -0.1) is 0 Å². The lowest BCUT2D eigenvalue weighted by Crippen LogP contribution is -2.46. The number of hydrogen-bond donors (Lipinski definition) is 1. The Morgan fingerprint density at radius 3 is 2.87 bits per heavy atom. The lowest BCUT2D eigenvalue weighted by Gasteiger charge is -2.32. The molecule has 0 saturated carbocycles. The molecule has 0 radical (unpaired) electrons. The quantitative estimate of drug-likeness (QED) is 0.743. The predicted octanol–water partition coefficient (Wildman–Crippen LogP) is 2.34. The molecule has 1 N–H and O–H groups in total. The van der Waals surface area contributed by atoms with Crippen LogP contribution in [0.5, 0.6) is 0 Å². The first kappa shape index (κ1) is 17.9. The van der Waals surface area contributed by atoms with Crippen LogP contribution >= 0.6 is 11.8 Å². The van der Waals surface area contributed by atoms with E-state index < -0.39 is 0 Å². The van der Waals surface area contributed by atoms with Crippen molar-refractivity contribution in [3.05, 3.63) is 35.9 Å². The van der Waals surface area contributed by atoms with Gasteiger partial charge in [0.25, 0.3) is 0 Å². The third-order valence-electron chi connectivity index (χ3n) is 4.21. The van der Waals surface area contributed by atoms with Gasteiger partial charge in [0.05, 0.1) is 5.92 Å². The highest BCUT2D eigenvalue weighted by atomic mass is 32.2. The third-order valence-corrected chi connectivity index (χ3v) is 4.83. The fourth-order valence-corrected chi connectivity index (χ4v) is 3.19. The van der Waals surface area contributed by atoms with Crippen molar-refractivity contribution in [2.45, 2.75) is 25.7 Å². The molecule has 126 valence electrons.